The van der Waals surface area contributed by atoms with Crippen LogP contribution in [0.25, 0.3) is 0 Å². The van der Waals surface area contributed by atoms with Gasteiger partial charge in [0.05, 0.1) is 0 Å². The number of hydrogen-bond acceptors (Lipinski definition) is 3. The Morgan fingerprint density at radius 3 is 1.50 bits per heavy atom. The normalized spacial score (nSPS) is 10.1. The molecule has 0 amide bonds. The van der Waals surface area contributed by atoms with Crippen LogP contribution < -0.4 is 0 Å². The van der Waals surface area contributed by atoms with Gasteiger partial charge in [0, 0.05) is 0 Å². The molecule has 0 aliphatic rings. The standard InChI is InChI=1S/C7H12O4.C6H15N/c1-2-3-4-5(6(8)9)7(10)11;1-4-7(5-2)6-3/h5H,2-4H2,1H3,(H,8,9)(H,10,11);4-6H2,1-3H3. The molecule has 0 saturated heterocycles. The van der Waals surface area contributed by atoms with E-state index in [0.29, 0.717) is 6.42 Å². The zero-order valence-electron chi connectivity index (χ0n) is 12.0. The van der Waals surface area contributed by atoms with E-state index in [1.54, 1.807) is 0 Å². The minimum absolute atomic E-state index is 0.223. The number of hydrogen-bond donors (Lipinski definition) is 2. The van der Waals surface area contributed by atoms with E-state index in [1.165, 1.54) is 19.6 Å². The highest BCUT2D eigenvalue weighted by molar-refractivity contribution is 5.92. The van der Waals surface area contributed by atoms with E-state index in [-0.39, 0.29) is 6.42 Å². The van der Waals surface area contributed by atoms with Gasteiger partial charge in [-0.05, 0) is 26.1 Å². The van der Waals surface area contributed by atoms with Crippen LogP contribution in [0.1, 0.15) is 47.0 Å². The smallest absolute Gasteiger partial charge is 0.317 e. The first kappa shape index (κ1) is 19.2. The van der Waals surface area contributed by atoms with Gasteiger partial charge in [-0.2, -0.15) is 0 Å². The van der Waals surface area contributed by atoms with Gasteiger partial charge in [0.25, 0.3) is 0 Å². The van der Waals surface area contributed by atoms with E-state index >= 15 is 0 Å². The molecule has 0 saturated carbocycles. The third kappa shape index (κ3) is 10.1. The molecule has 0 aliphatic heterocycles. The largest absolute Gasteiger partial charge is 0.481 e. The molecule has 108 valence electrons. The first-order chi connectivity index (χ1) is 8.44. The molecule has 5 nitrogen and oxygen atoms in total. The fourth-order valence-corrected chi connectivity index (χ4v) is 1.43. The van der Waals surface area contributed by atoms with E-state index in [0.717, 1.165) is 6.42 Å². The van der Waals surface area contributed by atoms with E-state index in [1.807, 2.05) is 6.92 Å². The predicted molar refractivity (Wildman–Crippen MR) is 71.7 cm³/mol. The van der Waals surface area contributed by atoms with Crippen molar-refractivity contribution in [2.45, 2.75) is 47.0 Å². The lowest BCUT2D eigenvalue weighted by Crippen LogP contribution is -2.22. The van der Waals surface area contributed by atoms with Crippen molar-refractivity contribution in [1.29, 1.82) is 0 Å². The maximum absolute atomic E-state index is 10.3. The highest BCUT2D eigenvalue weighted by atomic mass is 16.4. The predicted octanol–water partition coefficient (Wildman–Crippen LogP) is 2.31. The van der Waals surface area contributed by atoms with Crippen LogP contribution in [0.2, 0.25) is 0 Å². The first-order valence-corrected chi connectivity index (χ1v) is 6.62. The van der Waals surface area contributed by atoms with E-state index in [2.05, 4.69) is 25.7 Å². The summed E-state index contributed by atoms with van der Waals surface area (Å²) in [5.41, 5.74) is 0. The van der Waals surface area contributed by atoms with Crippen LogP contribution >= 0.6 is 0 Å². The van der Waals surface area contributed by atoms with Crippen molar-refractivity contribution in [3.05, 3.63) is 0 Å². The lowest BCUT2D eigenvalue weighted by atomic mass is 10.0. The van der Waals surface area contributed by atoms with Crippen LogP contribution in [-0.2, 0) is 9.59 Å². The monoisotopic (exact) mass is 261 g/mol. The van der Waals surface area contributed by atoms with Gasteiger partial charge in [-0.15, -0.1) is 0 Å². The number of aliphatic carboxylic acids is 2. The van der Waals surface area contributed by atoms with Crippen LogP contribution in [0.4, 0.5) is 0 Å². The van der Waals surface area contributed by atoms with Crippen molar-refractivity contribution in [2.24, 2.45) is 5.92 Å². The highest BCUT2D eigenvalue weighted by Crippen LogP contribution is 2.08. The van der Waals surface area contributed by atoms with Gasteiger partial charge in [-0.3, -0.25) is 9.59 Å². The van der Waals surface area contributed by atoms with Crippen molar-refractivity contribution in [3.8, 4) is 0 Å². The summed E-state index contributed by atoms with van der Waals surface area (Å²) < 4.78 is 0. The Kier molecular flexibility index (Phi) is 13.2. The lowest BCUT2D eigenvalue weighted by Gasteiger charge is -2.13. The average Bonchev–Trinajstić information content (AvgIpc) is 2.32. The van der Waals surface area contributed by atoms with Crippen molar-refractivity contribution < 1.29 is 19.8 Å². The molecule has 0 aromatic carbocycles. The molecular formula is C13H27NO4. The Bertz CT molecular complexity index is 208. The molecule has 0 rings (SSSR count). The number of carboxylic acid groups (broad SMARTS) is 2. The summed E-state index contributed by atoms with van der Waals surface area (Å²) in [5.74, 6) is -3.72. The van der Waals surface area contributed by atoms with Gasteiger partial charge < -0.3 is 15.1 Å². The third-order valence-electron chi connectivity index (χ3n) is 2.78. The van der Waals surface area contributed by atoms with Crippen molar-refractivity contribution in [1.82, 2.24) is 4.90 Å². The summed E-state index contributed by atoms with van der Waals surface area (Å²) in [7, 11) is 0. The maximum atomic E-state index is 10.3. The van der Waals surface area contributed by atoms with E-state index in [4.69, 9.17) is 10.2 Å². The quantitative estimate of drug-likeness (QED) is 0.656. The molecule has 0 fully saturated rings. The summed E-state index contributed by atoms with van der Waals surface area (Å²) in [6.07, 6.45) is 1.68. The molecule has 0 unspecified atom stereocenters. The zero-order chi connectivity index (χ0) is 14.6. The third-order valence-corrected chi connectivity index (χ3v) is 2.78. The molecule has 0 atom stereocenters. The van der Waals surface area contributed by atoms with Crippen LogP contribution in [0.3, 0.4) is 0 Å². The number of carbonyl (C=O) groups is 2. The fraction of sp³-hybridized carbons (Fsp3) is 0.846. The molecule has 2 N–H and O–H groups in total. The minimum atomic E-state index is -1.24. The van der Waals surface area contributed by atoms with Gasteiger partial charge in [-0.25, -0.2) is 0 Å². The van der Waals surface area contributed by atoms with E-state index < -0.39 is 17.9 Å². The van der Waals surface area contributed by atoms with Crippen molar-refractivity contribution in [2.75, 3.05) is 19.6 Å². The van der Waals surface area contributed by atoms with Gasteiger partial charge in [0.15, 0.2) is 5.92 Å². The Balaban J connectivity index is 0. The second-order valence-electron chi connectivity index (χ2n) is 3.99. The molecule has 18 heavy (non-hydrogen) atoms. The van der Waals surface area contributed by atoms with Gasteiger partial charge >= 0.3 is 11.9 Å². The molecule has 0 spiro atoms. The topological polar surface area (TPSA) is 77.8 Å². The van der Waals surface area contributed by atoms with Crippen LogP contribution in [0, 0.1) is 5.92 Å². The second-order valence-corrected chi connectivity index (χ2v) is 3.99. The first-order valence-electron chi connectivity index (χ1n) is 6.62. The Morgan fingerprint density at radius 2 is 1.33 bits per heavy atom. The molecule has 0 radical (unpaired) electrons. The molecule has 5 heteroatoms. The Hall–Kier alpha value is -1.10. The molecule has 0 bridgehead atoms. The van der Waals surface area contributed by atoms with Gasteiger partial charge in [-0.1, -0.05) is 40.5 Å². The van der Waals surface area contributed by atoms with E-state index in [9.17, 15) is 9.59 Å². The number of unbranched alkanes of at least 4 members (excludes halogenated alkanes) is 1. The van der Waals surface area contributed by atoms with Crippen molar-refractivity contribution in [3.63, 3.8) is 0 Å². The number of nitrogens with zero attached hydrogens (tertiary/aromatic N) is 1. The Morgan fingerprint density at radius 1 is 0.944 bits per heavy atom. The summed E-state index contributed by atoms with van der Waals surface area (Å²) in [6, 6.07) is 0. The molecule has 0 aromatic rings. The average molecular weight is 261 g/mol. The zero-order valence-corrected chi connectivity index (χ0v) is 12.0. The fourth-order valence-electron chi connectivity index (χ4n) is 1.43. The minimum Gasteiger partial charge on any atom is -0.481 e. The van der Waals surface area contributed by atoms with Crippen LogP contribution in [-0.4, -0.2) is 46.7 Å². The second kappa shape index (κ2) is 12.4. The molecule has 0 aliphatic carbocycles. The van der Waals surface area contributed by atoms with Crippen LogP contribution in [0.5, 0.6) is 0 Å². The maximum Gasteiger partial charge on any atom is 0.317 e. The SMILES string of the molecule is CCCCC(C(=O)O)C(=O)O.CCN(CC)CC. The summed E-state index contributed by atoms with van der Waals surface area (Å²) >= 11 is 0. The van der Waals surface area contributed by atoms with Gasteiger partial charge in [0.1, 0.15) is 0 Å². The number of carboxylic acids is 2. The summed E-state index contributed by atoms with van der Waals surface area (Å²) in [5, 5.41) is 16.8. The van der Waals surface area contributed by atoms with Crippen LogP contribution in [0.15, 0.2) is 0 Å². The van der Waals surface area contributed by atoms with Gasteiger partial charge in [0.2, 0.25) is 0 Å². The summed E-state index contributed by atoms with van der Waals surface area (Å²) in [4.78, 5) is 22.9. The molecule has 0 aromatic heterocycles. The molecular weight excluding hydrogens is 234 g/mol. The highest BCUT2D eigenvalue weighted by Gasteiger charge is 2.24. The summed E-state index contributed by atoms with van der Waals surface area (Å²) in [6.45, 7) is 12.0. The lowest BCUT2D eigenvalue weighted by molar-refractivity contribution is -0.154. The van der Waals surface area contributed by atoms with Crippen molar-refractivity contribution >= 4 is 11.9 Å². The molecule has 0 heterocycles. The Labute approximate surface area is 110 Å². The number of rotatable bonds is 8.